The van der Waals surface area contributed by atoms with Gasteiger partial charge in [0.1, 0.15) is 11.5 Å². The number of aryl methyl sites for hydroxylation is 2. The molecule has 0 saturated heterocycles. The summed E-state index contributed by atoms with van der Waals surface area (Å²) in [4.78, 5) is 17.0. The summed E-state index contributed by atoms with van der Waals surface area (Å²) in [5, 5.41) is 0. The number of carbonyl (C=O) groups is 1. The SMILES string of the molecule is COc1ccc(OC)c(CN(C(=O)c2cc(C)c(C)s2)C2CC2)c1. The Balaban J connectivity index is 1.88. The number of hydrogen-bond acceptors (Lipinski definition) is 4. The third-order valence-electron chi connectivity index (χ3n) is 4.45. The second-order valence-corrected chi connectivity index (χ2v) is 7.45. The van der Waals surface area contributed by atoms with E-state index in [1.165, 1.54) is 10.4 Å². The van der Waals surface area contributed by atoms with Gasteiger partial charge in [-0.15, -0.1) is 11.3 Å². The molecular weight excluding hydrogens is 322 g/mol. The van der Waals surface area contributed by atoms with Gasteiger partial charge in [0.2, 0.25) is 0 Å². The average Bonchev–Trinajstić information content (AvgIpc) is 3.37. The van der Waals surface area contributed by atoms with Crippen LogP contribution in [0, 0.1) is 13.8 Å². The fourth-order valence-corrected chi connectivity index (χ4v) is 3.75. The van der Waals surface area contributed by atoms with Crippen LogP contribution in [-0.4, -0.2) is 31.1 Å². The summed E-state index contributed by atoms with van der Waals surface area (Å²) >= 11 is 1.58. The maximum atomic E-state index is 13.0. The predicted molar refractivity (Wildman–Crippen MR) is 96.2 cm³/mol. The van der Waals surface area contributed by atoms with E-state index in [9.17, 15) is 4.79 Å². The molecule has 1 aromatic carbocycles. The monoisotopic (exact) mass is 345 g/mol. The van der Waals surface area contributed by atoms with Gasteiger partial charge in [0.25, 0.3) is 5.91 Å². The second kappa shape index (κ2) is 6.85. The number of rotatable bonds is 6. The van der Waals surface area contributed by atoms with Crippen molar-refractivity contribution in [1.82, 2.24) is 4.90 Å². The lowest BCUT2D eigenvalue weighted by molar-refractivity contribution is 0.0733. The number of methoxy groups -OCH3 is 2. The van der Waals surface area contributed by atoms with Crippen LogP contribution in [0.1, 0.15) is 38.5 Å². The summed E-state index contributed by atoms with van der Waals surface area (Å²) in [6.45, 7) is 4.65. The lowest BCUT2D eigenvalue weighted by atomic mass is 10.1. The van der Waals surface area contributed by atoms with Crippen molar-refractivity contribution < 1.29 is 14.3 Å². The number of carbonyl (C=O) groups excluding carboxylic acids is 1. The average molecular weight is 345 g/mol. The molecule has 0 bridgehead atoms. The lowest BCUT2D eigenvalue weighted by Crippen LogP contribution is -2.32. The van der Waals surface area contributed by atoms with Crippen LogP contribution in [0.15, 0.2) is 24.3 Å². The summed E-state index contributed by atoms with van der Waals surface area (Å²) in [7, 11) is 3.30. The molecule has 2 aromatic rings. The van der Waals surface area contributed by atoms with Crippen LogP contribution < -0.4 is 9.47 Å². The molecule has 0 radical (unpaired) electrons. The molecule has 1 aromatic heterocycles. The van der Waals surface area contributed by atoms with Crippen molar-refractivity contribution in [1.29, 1.82) is 0 Å². The molecule has 1 saturated carbocycles. The Hall–Kier alpha value is -2.01. The molecule has 5 heteroatoms. The third-order valence-corrected chi connectivity index (χ3v) is 5.59. The van der Waals surface area contributed by atoms with Gasteiger partial charge in [0.05, 0.1) is 25.6 Å². The molecule has 128 valence electrons. The Morgan fingerprint density at radius 2 is 1.96 bits per heavy atom. The van der Waals surface area contributed by atoms with Crippen LogP contribution in [-0.2, 0) is 6.54 Å². The number of ether oxygens (including phenoxy) is 2. The van der Waals surface area contributed by atoms with Crippen molar-refractivity contribution in [2.45, 2.75) is 39.3 Å². The minimum Gasteiger partial charge on any atom is -0.497 e. The maximum absolute atomic E-state index is 13.0. The molecule has 0 N–H and O–H groups in total. The van der Waals surface area contributed by atoms with Gasteiger partial charge < -0.3 is 14.4 Å². The normalized spacial score (nSPS) is 13.7. The van der Waals surface area contributed by atoms with Crippen LogP contribution in [0.25, 0.3) is 0 Å². The molecule has 0 atom stereocenters. The lowest BCUT2D eigenvalue weighted by Gasteiger charge is -2.23. The molecule has 1 aliphatic carbocycles. The largest absolute Gasteiger partial charge is 0.497 e. The van der Waals surface area contributed by atoms with Gasteiger partial charge in [-0.3, -0.25) is 4.79 Å². The van der Waals surface area contributed by atoms with Crippen LogP contribution >= 0.6 is 11.3 Å². The first-order valence-electron chi connectivity index (χ1n) is 8.12. The van der Waals surface area contributed by atoms with Gasteiger partial charge >= 0.3 is 0 Å². The molecule has 4 nitrogen and oxygen atoms in total. The fraction of sp³-hybridized carbons (Fsp3) is 0.421. The standard InChI is InChI=1S/C19H23NO3S/c1-12-9-18(24-13(12)2)19(21)20(15-5-6-15)11-14-10-16(22-3)7-8-17(14)23-4/h7-10,15H,5-6,11H2,1-4H3. The maximum Gasteiger partial charge on any atom is 0.264 e. The highest BCUT2D eigenvalue weighted by atomic mass is 32.1. The highest BCUT2D eigenvalue weighted by Crippen LogP contribution is 2.34. The van der Waals surface area contributed by atoms with Gasteiger partial charge in [0, 0.05) is 16.5 Å². The molecule has 0 unspecified atom stereocenters. The minimum absolute atomic E-state index is 0.114. The second-order valence-electron chi connectivity index (χ2n) is 6.19. The van der Waals surface area contributed by atoms with Crippen molar-refractivity contribution in [2.24, 2.45) is 0 Å². The smallest absolute Gasteiger partial charge is 0.264 e. The molecule has 0 aliphatic heterocycles. The zero-order valence-corrected chi connectivity index (χ0v) is 15.4. The Kier molecular flexibility index (Phi) is 4.81. The first-order valence-corrected chi connectivity index (χ1v) is 8.94. The van der Waals surface area contributed by atoms with E-state index in [2.05, 4.69) is 13.8 Å². The molecule has 1 fully saturated rings. The molecule has 0 spiro atoms. The molecule has 3 rings (SSSR count). The zero-order valence-electron chi connectivity index (χ0n) is 14.6. The Bertz CT molecular complexity index is 730. The van der Waals surface area contributed by atoms with E-state index in [0.29, 0.717) is 12.6 Å². The molecule has 1 aliphatic rings. The van der Waals surface area contributed by atoms with E-state index in [0.717, 1.165) is 34.8 Å². The van der Waals surface area contributed by atoms with E-state index in [-0.39, 0.29) is 5.91 Å². The number of hydrogen-bond donors (Lipinski definition) is 0. The van der Waals surface area contributed by atoms with Crippen molar-refractivity contribution in [3.8, 4) is 11.5 Å². The summed E-state index contributed by atoms with van der Waals surface area (Å²) in [5.74, 6) is 1.67. The van der Waals surface area contributed by atoms with Gasteiger partial charge in [-0.25, -0.2) is 0 Å². The quantitative estimate of drug-likeness (QED) is 0.788. The predicted octanol–water partition coefficient (Wildman–Crippen LogP) is 4.19. The Morgan fingerprint density at radius 1 is 1.21 bits per heavy atom. The van der Waals surface area contributed by atoms with Crippen LogP contribution in [0.4, 0.5) is 0 Å². The van der Waals surface area contributed by atoms with E-state index >= 15 is 0 Å². The summed E-state index contributed by atoms with van der Waals surface area (Å²) in [6, 6.07) is 8.05. The molecular formula is C19H23NO3S. The number of amides is 1. The molecule has 1 heterocycles. The van der Waals surface area contributed by atoms with Crippen molar-refractivity contribution in [2.75, 3.05) is 14.2 Å². The third kappa shape index (κ3) is 3.41. The Labute approximate surface area is 147 Å². The minimum atomic E-state index is 0.114. The van der Waals surface area contributed by atoms with E-state index in [1.54, 1.807) is 25.6 Å². The molecule has 1 amide bonds. The summed E-state index contributed by atoms with van der Waals surface area (Å²) in [6.07, 6.45) is 2.14. The van der Waals surface area contributed by atoms with Crippen LogP contribution in [0.2, 0.25) is 0 Å². The van der Waals surface area contributed by atoms with Crippen molar-refractivity contribution >= 4 is 17.2 Å². The van der Waals surface area contributed by atoms with Crippen molar-refractivity contribution in [3.63, 3.8) is 0 Å². The van der Waals surface area contributed by atoms with E-state index in [4.69, 9.17) is 9.47 Å². The number of benzene rings is 1. The Morgan fingerprint density at radius 3 is 2.50 bits per heavy atom. The first-order chi connectivity index (χ1) is 11.5. The first kappa shape index (κ1) is 16.8. The van der Waals surface area contributed by atoms with Gasteiger partial charge in [-0.05, 0) is 56.5 Å². The molecule has 24 heavy (non-hydrogen) atoms. The van der Waals surface area contributed by atoms with Gasteiger partial charge in [0.15, 0.2) is 0 Å². The van der Waals surface area contributed by atoms with Gasteiger partial charge in [-0.2, -0.15) is 0 Å². The zero-order chi connectivity index (χ0) is 17.3. The van der Waals surface area contributed by atoms with E-state index in [1.807, 2.05) is 29.2 Å². The fourth-order valence-electron chi connectivity index (χ4n) is 2.76. The van der Waals surface area contributed by atoms with Crippen LogP contribution in [0.3, 0.4) is 0 Å². The number of thiophene rings is 1. The highest BCUT2D eigenvalue weighted by Gasteiger charge is 2.34. The van der Waals surface area contributed by atoms with Crippen LogP contribution in [0.5, 0.6) is 11.5 Å². The van der Waals surface area contributed by atoms with Gasteiger partial charge in [-0.1, -0.05) is 0 Å². The van der Waals surface area contributed by atoms with E-state index < -0.39 is 0 Å². The summed E-state index contributed by atoms with van der Waals surface area (Å²) in [5.41, 5.74) is 2.15. The van der Waals surface area contributed by atoms with Crippen molar-refractivity contribution in [3.05, 3.63) is 45.1 Å². The number of nitrogens with zero attached hydrogens (tertiary/aromatic N) is 1. The summed E-state index contributed by atoms with van der Waals surface area (Å²) < 4.78 is 10.8. The topological polar surface area (TPSA) is 38.8 Å². The highest BCUT2D eigenvalue weighted by molar-refractivity contribution is 7.14.